The highest BCUT2D eigenvalue weighted by atomic mass is 16.2. The molecule has 98 valence electrons. The Morgan fingerprint density at radius 3 is 1.83 bits per heavy atom. The first-order valence-electron chi connectivity index (χ1n) is 6.04. The number of anilines is 2. The van der Waals surface area contributed by atoms with E-state index in [0.29, 0.717) is 6.42 Å². The number of hydrogen-bond donors (Lipinski definition) is 2. The number of hydrogen-bond acceptors (Lipinski definition) is 2. The maximum absolute atomic E-state index is 11.8. The summed E-state index contributed by atoms with van der Waals surface area (Å²) in [5.41, 5.74) is 1.04. The molecule has 0 aliphatic heterocycles. The first-order chi connectivity index (χ1) is 8.32. The molecule has 4 nitrogen and oxygen atoms in total. The van der Waals surface area contributed by atoms with Gasteiger partial charge in [0.1, 0.15) is 0 Å². The Kier molecular flexibility index (Phi) is 4.48. The van der Waals surface area contributed by atoms with E-state index in [0.717, 1.165) is 11.4 Å². The van der Waals surface area contributed by atoms with Gasteiger partial charge in [-0.05, 0) is 24.3 Å². The van der Waals surface area contributed by atoms with Crippen LogP contribution >= 0.6 is 0 Å². The molecule has 2 N–H and O–H groups in total. The summed E-state index contributed by atoms with van der Waals surface area (Å²) in [6, 6.07) is 7.08. The molecule has 1 aromatic carbocycles. The van der Waals surface area contributed by atoms with E-state index in [1.807, 2.05) is 20.8 Å². The van der Waals surface area contributed by atoms with Crippen LogP contribution in [-0.4, -0.2) is 11.8 Å². The minimum Gasteiger partial charge on any atom is -0.326 e. The first-order valence-corrected chi connectivity index (χ1v) is 6.04. The summed E-state index contributed by atoms with van der Waals surface area (Å²) >= 11 is 0. The van der Waals surface area contributed by atoms with E-state index in [1.54, 1.807) is 31.2 Å². The molecule has 4 heteroatoms. The van der Waals surface area contributed by atoms with Crippen molar-refractivity contribution in [1.82, 2.24) is 0 Å². The molecule has 0 aliphatic carbocycles. The zero-order valence-corrected chi connectivity index (χ0v) is 11.3. The molecule has 1 rings (SSSR count). The third-order valence-corrected chi connectivity index (χ3v) is 2.43. The second-order valence-electron chi connectivity index (χ2n) is 5.18. The summed E-state index contributed by atoms with van der Waals surface area (Å²) in [5.74, 6) is -0.0608. The fourth-order valence-corrected chi connectivity index (χ4v) is 1.20. The van der Waals surface area contributed by atoms with Gasteiger partial charge in [0.15, 0.2) is 0 Å². The van der Waals surface area contributed by atoms with Gasteiger partial charge >= 0.3 is 0 Å². The molecular weight excluding hydrogens is 228 g/mol. The lowest BCUT2D eigenvalue weighted by molar-refractivity contribution is -0.123. The molecule has 0 saturated heterocycles. The lowest BCUT2D eigenvalue weighted by atomic mass is 9.95. The van der Waals surface area contributed by atoms with Crippen LogP contribution in [0.5, 0.6) is 0 Å². The number of rotatable bonds is 3. The Morgan fingerprint density at radius 2 is 1.44 bits per heavy atom. The third-order valence-electron chi connectivity index (χ3n) is 2.43. The predicted octanol–water partition coefficient (Wildman–Crippen LogP) is 3.02. The molecule has 0 saturated carbocycles. The number of nitrogens with one attached hydrogen (secondary N) is 2. The van der Waals surface area contributed by atoms with Gasteiger partial charge in [-0.25, -0.2) is 0 Å². The maximum atomic E-state index is 11.8. The Balaban J connectivity index is 2.66. The van der Waals surface area contributed by atoms with E-state index in [9.17, 15) is 9.59 Å². The van der Waals surface area contributed by atoms with E-state index in [-0.39, 0.29) is 11.8 Å². The molecule has 0 atom stereocenters. The van der Waals surface area contributed by atoms with Crippen molar-refractivity contribution in [2.45, 2.75) is 34.1 Å². The predicted molar refractivity (Wildman–Crippen MR) is 73.4 cm³/mol. The molecule has 0 spiro atoms. The van der Waals surface area contributed by atoms with Crippen LogP contribution in [0.15, 0.2) is 24.3 Å². The van der Waals surface area contributed by atoms with Crippen LogP contribution in [0.25, 0.3) is 0 Å². The molecule has 18 heavy (non-hydrogen) atoms. The summed E-state index contributed by atoms with van der Waals surface area (Å²) in [7, 11) is 0. The van der Waals surface area contributed by atoms with Crippen molar-refractivity contribution in [1.29, 1.82) is 0 Å². The fourth-order valence-electron chi connectivity index (χ4n) is 1.20. The van der Waals surface area contributed by atoms with Gasteiger partial charge in [-0.15, -0.1) is 0 Å². The molecule has 0 aliphatic rings. The maximum Gasteiger partial charge on any atom is 0.229 e. The largest absolute Gasteiger partial charge is 0.326 e. The molecule has 0 fully saturated rings. The van der Waals surface area contributed by atoms with Crippen LogP contribution in [0.1, 0.15) is 34.1 Å². The lowest BCUT2D eigenvalue weighted by Gasteiger charge is -2.17. The molecule has 0 radical (unpaired) electrons. The van der Waals surface area contributed by atoms with Crippen LogP contribution in [0.2, 0.25) is 0 Å². The molecule has 2 amide bonds. The highest BCUT2D eigenvalue weighted by molar-refractivity contribution is 5.95. The quantitative estimate of drug-likeness (QED) is 0.863. The molecular formula is C14H20N2O2. The van der Waals surface area contributed by atoms with Crippen LogP contribution in [0.4, 0.5) is 11.4 Å². The van der Waals surface area contributed by atoms with Crippen molar-refractivity contribution >= 4 is 23.2 Å². The van der Waals surface area contributed by atoms with E-state index in [2.05, 4.69) is 10.6 Å². The summed E-state index contributed by atoms with van der Waals surface area (Å²) < 4.78 is 0. The van der Waals surface area contributed by atoms with Crippen LogP contribution in [0, 0.1) is 5.41 Å². The van der Waals surface area contributed by atoms with Crippen molar-refractivity contribution in [2.75, 3.05) is 10.6 Å². The second kappa shape index (κ2) is 5.67. The topological polar surface area (TPSA) is 58.2 Å². The van der Waals surface area contributed by atoms with E-state index in [4.69, 9.17) is 0 Å². The minimum absolute atomic E-state index is 0.0264. The average molecular weight is 248 g/mol. The number of carbonyl (C=O) groups is 2. The van der Waals surface area contributed by atoms with Gasteiger partial charge in [0.25, 0.3) is 0 Å². The lowest BCUT2D eigenvalue weighted by Crippen LogP contribution is -2.27. The van der Waals surface area contributed by atoms with Gasteiger partial charge in [-0.3, -0.25) is 9.59 Å². The summed E-state index contributed by atoms with van der Waals surface area (Å²) in [6.45, 7) is 7.38. The van der Waals surface area contributed by atoms with Crippen molar-refractivity contribution in [3.05, 3.63) is 24.3 Å². The molecule has 0 heterocycles. The van der Waals surface area contributed by atoms with Gasteiger partial charge < -0.3 is 10.6 Å². The van der Waals surface area contributed by atoms with Gasteiger partial charge in [0.05, 0.1) is 0 Å². The standard InChI is InChI=1S/C14H20N2O2/c1-5-12(17)15-10-6-8-11(9-7-10)16-13(18)14(2,3)4/h6-9H,5H2,1-4H3,(H,15,17)(H,16,18). The highest BCUT2D eigenvalue weighted by Gasteiger charge is 2.20. The SMILES string of the molecule is CCC(=O)Nc1ccc(NC(=O)C(C)(C)C)cc1. The number of benzene rings is 1. The second-order valence-corrected chi connectivity index (χ2v) is 5.18. The summed E-state index contributed by atoms with van der Waals surface area (Å²) in [6.07, 6.45) is 0.447. The smallest absolute Gasteiger partial charge is 0.229 e. The van der Waals surface area contributed by atoms with Crippen molar-refractivity contribution < 1.29 is 9.59 Å². The average Bonchev–Trinajstić information content (AvgIpc) is 2.30. The number of carbonyl (C=O) groups excluding carboxylic acids is 2. The van der Waals surface area contributed by atoms with Crippen molar-refractivity contribution in [2.24, 2.45) is 5.41 Å². The summed E-state index contributed by atoms with van der Waals surface area (Å²) in [4.78, 5) is 23.0. The minimum atomic E-state index is -0.422. The molecule has 0 bridgehead atoms. The zero-order chi connectivity index (χ0) is 13.8. The van der Waals surface area contributed by atoms with Gasteiger partial charge in [0, 0.05) is 23.2 Å². The Morgan fingerprint density at radius 1 is 1.00 bits per heavy atom. The van der Waals surface area contributed by atoms with Crippen LogP contribution in [-0.2, 0) is 9.59 Å². The van der Waals surface area contributed by atoms with Crippen LogP contribution in [0.3, 0.4) is 0 Å². The van der Waals surface area contributed by atoms with Gasteiger partial charge in [-0.1, -0.05) is 27.7 Å². The highest BCUT2D eigenvalue weighted by Crippen LogP contribution is 2.19. The molecule has 0 unspecified atom stereocenters. The fraction of sp³-hybridized carbons (Fsp3) is 0.429. The first kappa shape index (κ1) is 14.2. The van der Waals surface area contributed by atoms with Gasteiger partial charge in [0.2, 0.25) is 11.8 Å². The van der Waals surface area contributed by atoms with E-state index in [1.165, 1.54) is 0 Å². The van der Waals surface area contributed by atoms with E-state index < -0.39 is 5.41 Å². The zero-order valence-electron chi connectivity index (χ0n) is 11.3. The van der Waals surface area contributed by atoms with E-state index >= 15 is 0 Å². The molecule has 0 aromatic heterocycles. The Bertz CT molecular complexity index is 430. The van der Waals surface area contributed by atoms with Crippen LogP contribution < -0.4 is 10.6 Å². The van der Waals surface area contributed by atoms with Gasteiger partial charge in [-0.2, -0.15) is 0 Å². The summed E-state index contributed by atoms with van der Waals surface area (Å²) in [5, 5.41) is 5.58. The monoisotopic (exact) mass is 248 g/mol. The van der Waals surface area contributed by atoms with Crippen molar-refractivity contribution in [3.63, 3.8) is 0 Å². The Labute approximate surface area is 108 Å². The number of amides is 2. The third kappa shape index (κ3) is 4.20. The van der Waals surface area contributed by atoms with Crippen molar-refractivity contribution in [3.8, 4) is 0 Å². The normalized spacial score (nSPS) is 10.9. The Hall–Kier alpha value is -1.84. The molecule has 1 aromatic rings.